The van der Waals surface area contributed by atoms with Crippen LogP contribution in [0.3, 0.4) is 0 Å². The van der Waals surface area contributed by atoms with Gasteiger partial charge in [0.15, 0.2) is 5.58 Å². The van der Waals surface area contributed by atoms with Gasteiger partial charge in [-0.25, -0.2) is 4.98 Å². The van der Waals surface area contributed by atoms with Crippen molar-refractivity contribution in [3.05, 3.63) is 53.9 Å². The SMILES string of the molecule is COCc1nc2cc(-c3ccc(C(=O)NC[C@H]4CCOC4)cc3)ccc2o1. The Labute approximate surface area is 157 Å². The highest BCUT2D eigenvalue weighted by molar-refractivity contribution is 5.94. The van der Waals surface area contributed by atoms with Crippen molar-refractivity contribution >= 4 is 17.0 Å². The van der Waals surface area contributed by atoms with Crippen molar-refractivity contribution in [3.8, 4) is 11.1 Å². The van der Waals surface area contributed by atoms with E-state index in [0.29, 0.717) is 30.5 Å². The van der Waals surface area contributed by atoms with E-state index in [9.17, 15) is 4.79 Å². The summed E-state index contributed by atoms with van der Waals surface area (Å²) < 4.78 is 16.0. The van der Waals surface area contributed by atoms with Gasteiger partial charge in [0.2, 0.25) is 5.89 Å². The molecule has 3 aromatic rings. The van der Waals surface area contributed by atoms with E-state index < -0.39 is 0 Å². The molecule has 2 aromatic carbocycles. The lowest BCUT2D eigenvalue weighted by atomic mass is 10.0. The number of nitrogens with zero attached hydrogens (tertiary/aromatic N) is 1. The number of oxazole rings is 1. The second-order valence-corrected chi connectivity index (χ2v) is 6.74. The first-order valence-corrected chi connectivity index (χ1v) is 9.08. The van der Waals surface area contributed by atoms with Crippen LogP contribution in [0.4, 0.5) is 0 Å². The van der Waals surface area contributed by atoms with E-state index in [2.05, 4.69) is 10.3 Å². The molecule has 1 atom stereocenters. The first-order chi connectivity index (χ1) is 13.2. The molecule has 27 heavy (non-hydrogen) atoms. The second kappa shape index (κ2) is 7.90. The number of nitrogens with one attached hydrogen (secondary N) is 1. The maximum absolute atomic E-state index is 12.3. The maximum atomic E-state index is 12.3. The number of aromatic nitrogens is 1. The largest absolute Gasteiger partial charge is 0.438 e. The van der Waals surface area contributed by atoms with Gasteiger partial charge in [0, 0.05) is 31.7 Å². The highest BCUT2D eigenvalue weighted by Crippen LogP contribution is 2.25. The Balaban J connectivity index is 1.46. The van der Waals surface area contributed by atoms with Crippen LogP contribution in [0.25, 0.3) is 22.2 Å². The molecule has 1 aliphatic heterocycles. The summed E-state index contributed by atoms with van der Waals surface area (Å²) in [5.74, 6) is 0.930. The van der Waals surface area contributed by atoms with Gasteiger partial charge in [0.05, 0.1) is 6.61 Å². The Morgan fingerprint density at radius 3 is 2.78 bits per heavy atom. The molecule has 0 bridgehead atoms. The van der Waals surface area contributed by atoms with Gasteiger partial charge < -0.3 is 19.2 Å². The van der Waals surface area contributed by atoms with Crippen molar-refractivity contribution in [1.29, 1.82) is 0 Å². The average molecular weight is 366 g/mol. The van der Waals surface area contributed by atoms with Crippen molar-refractivity contribution in [2.45, 2.75) is 13.0 Å². The van der Waals surface area contributed by atoms with E-state index in [4.69, 9.17) is 13.9 Å². The van der Waals surface area contributed by atoms with E-state index in [1.807, 2.05) is 42.5 Å². The Kier molecular flexibility index (Phi) is 5.18. The van der Waals surface area contributed by atoms with E-state index in [1.165, 1.54) is 0 Å². The van der Waals surface area contributed by atoms with Crippen LogP contribution in [0.1, 0.15) is 22.7 Å². The summed E-state index contributed by atoms with van der Waals surface area (Å²) in [5.41, 5.74) is 4.23. The van der Waals surface area contributed by atoms with Gasteiger partial charge >= 0.3 is 0 Å². The predicted molar refractivity (Wildman–Crippen MR) is 101 cm³/mol. The summed E-state index contributed by atoms with van der Waals surface area (Å²) in [6, 6.07) is 13.5. The molecule has 1 aliphatic rings. The van der Waals surface area contributed by atoms with Crippen LogP contribution in [-0.2, 0) is 16.1 Å². The molecule has 0 spiro atoms. The summed E-state index contributed by atoms with van der Waals surface area (Å²) >= 11 is 0. The lowest BCUT2D eigenvalue weighted by molar-refractivity contribution is 0.0945. The number of hydrogen-bond acceptors (Lipinski definition) is 5. The molecule has 2 heterocycles. The minimum atomic E-state index is -0.0513. The maximum Gasteiger partial charge on any atom is 0.251 e. The number of amides is 1. The van der Waals surface area contributed by atoms with Gasteiger partial charge in [-0.2, -0.15) is 0 Å². The van der Waals surface area contributed by atoms with Crippen LogP contribution in [0.15, 0.2) is 46.9 Å². The topological polar surface area (TPSA) is 73.6 Å². The summed E-state index contributed by atoms with van der Waals surface area (Å²) in [5, 5.41) is 2.99. The lowest BCUT2D eigenvalue weighted by Gasteiger charge is -2.10. The van der Waals surface area contributed by atoms with Crippen molar-refractivity contribution in [2.75, 3.05) is 26.9 Å². The molecule has 140 valence electrons. The van der Waals surface area contributed by atoms with Crippen molar-refractivity contribution in [1.82, 2.24) is 10.3 Å². The molecule has 0 radical (unpaired) electrons. The summed E-state index contributed by atoms with van der Waals surface area (Å²) in [7, 11) is 1.61. The number of carbonyl (C=O) groups is 1. The zero-order chi connectivity index (χ0) is 18.6. The molecule has 1 N–H and O–H groups in total. The fraction of sp³-hybridized carbons (Fsp3) is 0.333. The number of hydrogen-bond donors (Lipinski definition) is 1. The highest BCUT2D eigenvalue weighted by Gasteiger charge is 2.16. The molecule has 4 rings (SSSR count). The minimum absolute atomic E-state index is 0.0513. The molecule has 1 saturated heterocycles. The van der Waals surface area contributed by atoms with Crippen LogP contribution < -0.4 is 5.32 Å². The highest BCUT2D eigenvalue weighted by atomic mass is 16.5. The first kappa shape index (κ1) is 17.7. The second-order valence-electron chi connectivity index (χ2n) is 6.74. The minimum Gasteiger partial charge on any atom is -0.438 e. The van der Waals surface area contributed by atoms with Crippen LogP contribution in [-0.4, -0.2) is 37.8 Å². The van der Waals surface area contributed by atoms with Crippen LogP contribution in [0, 0.1) is 5.92 Å². The molecule has 1 fully saturated rings. The molecule has 0 unspecified atom stereocenters. The Hall–Kier alpha value is -2.70. The van der Waals surface area contributed by atoms with E-state index in [1.54, 1.807) is 7.11 Å². The monoisotopic (exact) mass is 366 g/mol. The molecule has 6 heteroatoms. The number of rotatable bonds is 6. The normalized spacial score (nSPS) is 16.7. The van der Waals surface area contributed by atoms with Crippen molar-refractivity contribution in [3.63, 3.8) is 0 Å². The van der Waals surface area contributed by atoms with Crippen LogP contribution in [0.2, 0.25) is 0 Å². The quantitative estimate of drug-likeness (QED) is 0.724. The number of methoxy groups -OCH3 is 1. The van der Waals surface area contributed by atoms with Crippen LogP contribution >= 0.6 is 0 Å². The summed E-state index contributed by atoms with van der Waals surface area (Å²) in [6.07, 6.45) is 1.01. The predicted octanol–water partition coefficient (Wildman–Crippen LogP) is 3.41. The Morgan fingerprint density at radius 1 is 1.22 bits per heavy atom. The van der Waals surface area contributed by atoms with Gasteiger partial charge in [0.1, 0.15) is 12.1 Å². The molecule has 6 nitrogen and oxygen atoms in total. The number of benzene rings is 2. The zero-order valence-corrected chi connectivity index (χ0v) is 15.2. The molecule has 0 saturated carbocycles. The Morgan fingerprint density at radius 2 is 2.04 bits per heavy atom. The van der Waals surface area contributed by atoms with E-state index in [0.717, 1.165) is 41.9 Å². The third kappa shape index (κ3) is 4.02. The average Bonchev–Trinajstić information content (AvgIpc) is 3.35. The molecule has 1 amide bonds. The summed E-state index contributed by atoms with van der Waals surface area (Å²) in [4.78, 5) is 16.7. The number of carbonyl (C=O) groups excluding carboxylic acids is 1. The molecule has 1 aromatic heterocycles. The zero-order valence-electron chi connectivity index (χ0n) is 15.2. The van der Waals surface area contributed by atoms with Gasteiger partial charge in [-0.15, -0.1) is 0 Å². The van der Waals surface area contributed by atoms with E-state index >= 15 is 0 Å². The van der Waals surface area contributed by atoms with Gasteiger partial charge in [-0.3, -0.25) is 4.79 Å². The number of fused-ring (bicyclic) bond motifs is 1. The van der Waals surface area contributed by atoms with E-state index in [-0.39, 0.29) is 5.91 Å². The lowest BCUT2D eigenvalue weighted by Crippen LogP contribution is -2.29. The smallest absolute Gasteiger partial charge is 0.251 e. The van der Waals surface area contributed by atoms with Gasteiger partial charge in [-0.05, 0) is 41.8 Å². The van der Waals surface area contributed by atoms with Crippen molar-refractivity contribution < 1.29 is 18.7 Å². The standard InChI is InChI=1S/C21H22N2O4/c1-25-13-20-23-18-10-17(6-7-19(18)27-20)15-2-4-16(5-3-15)21(24)22-11-14-8-9-26-12-14/h2-7,10,14H,8-9,11-13H2,1H3,(H,22,24)/t14-/m1/s1. The third-order valence-electron chi connectivity index (χ3n) is 4.76. The van der Waals surface area contributed by atoms with Crippen molar-refractivity contribution in [2.24, 2.45) is 5.92 Å². The third-order valence-corrected chi connectivity index (χ3v) is 4.76. The van der Waals surface area contributed by atoms with Gasteiger partial charge in [-0.1, -0.05) is 18.2 Å². The molecular weight excluding hydrogens is 344 g/mol. The first-order valence-electron chi connectivity index (χ1n) is 9.08. The Bertz CT molecular complexity index is 927. The molecular formula is C21H22N2O4. The van der Waals surface area contributed by atoms with Gasteiger partial charge in [0.25, 0.3) is 5.91 Å². The number of ether oxygens (including phenoxy) is 2. The van der Waals surface area contributed by atoms with Crippen LogP contribution in [0.5, 0.6) is 0 Å². The fourth-order valence-electron chi connectivity index (χ4n) is 3.24. The fourth-order valence-corrected chi connectivity index (χ4v) is 3.24. The summed E-state index contributed by atoms with van der Waals surface area (Å²) in [6.45, 7) is 2.53. The molecule has 0 aliphatic carbocycles.